The van der Waals surface area contributed by atoms with Crippen LogP contribution in [0.1, 0.15) is 31.7 Å². The topological polar surface area (TPSA) is 71.1 Å². The van der Waals surface area contributed by atoms with Gasteiger partial charge in [0.25, 0.3) is 0 Å². The number of nitrogens with one attached hydrogen (secondary N) is 1. The van der Waals surface area contributed by atoms with E-state index in [0.29, 0.717) is 0 Å². The van der Waals surface area contributed by atoms with E-state index < -0.39 is 0 Å². The second-order valence-electron chi connectivity index (χ2n) is 7.58. The van der Waals surface area contributed by atoms with Gasteiger partial charge in [-0.15, -0.1) is 0 Å². The summed E-state index contributed by atoms with van der Waals surface area (Å²) in [7, 11) is 0. The largest absolute Gasteiger partial charge is 0.456 e. The number of benzene rings is 2. The van der Waals surface area contributed by atoms with Crippen LogP contribution in [0.2, 0.25) is 0 Å². The van der Waals surface area contributed by atoms with Gasteiger partial charge in [-0.25, -0.2) is 0 Å². The van der Waals surface area contributed by atoms with Crippen molar-refractivity contribution in [2.45, 2.75) is 38.6 Å². The number of amides is 1. The van der Waals surface area contributed by atoms with Crippen molar-refractivity contribution in [2.24, 2.45) is 5.92 Å². The van der Waals surface area contributed by atoms with Crippen LogP contribution < -0.4 is 9.64 Å². The highest BCUT2D eigenvalue weighted by molar-refractivity contribution is 5.99. The lowest BCUT2D eigenvalue weighted by Crippen LogP contribution is -2.43. The van der Waals surface area contributed by atoms with Gasteiger partial charge in [0.05, 0.1) is 11.9 Å². The van der Waals surface area contributed by atoms with Gasteiger partial charge in [0.1, 0.15) is 17.2 Å². The third-order valence-corrected chi connectivity index (χ3v) is 5.57. The van der Waals surface area contributed by atoms with Crippen LogP contribution in [0.15, 0.2) is 48.7 Å². The molecule has 0 saturated heterocycles. The van der Waals surface area contributed by atoms with E-state index in [4.69, 9.17) is 4.74 Å². The van der Waals surface area contributed by atoms with Crippen LogP contribution in [0.25, 0.3) is 11.3 Å². The van der Waals surface area contributed by atoms with Crippen molar-refractivity contribution in [3.8, 4) is 22.8 Å². The van der Waals surface area contributed by atoms with Crippen LogP contribution >= 0.6 is 0 Å². The van der Waals surface area contributed by atoms with Gasteiger partial charge in [0.2, 0.25) is 5.91 Å². The third kappa shape index (κ3) is 2.95. The van der Waals surface area contributed by atoms with Gasteiger partial charge in [-0.1, -0.05) is 18.2 Å². The molecule has 1 fully saturated rings. The minimum Gasteiger partial charge on any atom is -0.456 e. The summed E-state index contributed by atoms with van der Waals surface area (Å²) < 4.78 is 6.35. The molecule has 6 nitrogen and oxygen atoms in total. The molecule has 2 heterocycles. The summed E-state index contributed by atoms with van der Waals surface area (Å²) in [6, 6.07) is 14.0. The monoisotopic (exact) mass is 374 g/mol. The van der Waals surface area contributed by atoms with Crippen molar-refractivity contribution >= 4 is 11.6 Å². The Labute approximate surface area is 163 Å². The number of nitrogens with zero attached hydrogens (tertiary/aromatic N) is 3. The molecule has 28 heavy (non-hydrogen) atoms. The van der Waals surface area contributed by atoms with E-state index in [-0.39, 0.29) is 17.9 Å². The lowest BCUT2D eigenvalue weighted by atomic mass is 9.92. The quantitative estimate of drug-likeness (QED) is 0.737. The van der Waals surface area contributed by atoms with Gasteiger partial charge in [-0.05, 0) is 56.9 Å². The molecule has 1 amide bonds. The van der Waals surface area contributed by atoms with E-state index in [1.165, 1.54) is 0 Å². The Morgan fingerprint density at radius 3 is 2.68 bits per heavy atom. The Morgan fingerprint density at radius 2 is 1.96 bits per heavy atom. The number of carbonyl (C=O) groups is 1. The van der Waals surface area contributed by atoms with Gasteiger partial charge in [0.15, 0.2) is 0 Å². The van der Waals surface area contributed by atoms with Crippen molar-refractivity contribution < 1.29 is 9.53 Å². The molecule has 1 aromatic heterocycles. The Kier molecular flexibility index (Phi) is 4.11. The first-order valence-electron chi connectivity index (χ1n) is 9.80. The lowest BCUT2D eigenvalue weighted by molar-refractivity contribution is -0.120. The molecule has 0 spiro atoms. The van der Waals surface area contributed by atoms with Crippen molar-refractivity contribution in [2.75, 3.05) is 4.90 Å². The fraction of sp³-hybridized carbons (Fsp3) is 0.318. The molecule has 142 valence electrons. The van der Waals surface area contributed by atoms with Gasteiger partial charge < -0.3 is 9.64 Å². The zero-order valence-electron chi connectivity index (χ0n) is 15.8. The first-order valence-corrected chi connectivity index (χ1v) is 9.80. The molecular weight excluding hydrogens is 352 g/mol. The molecule has 1 N–H and O–H groups in total. The first-order chi connectivity index (χ1) is 13.7. The fourth-order valence-electron chi connectivity index (χ4n) is 3.92. The van der Waals surface area contributed by atoms with Crippen molar-refractivity contribution in [1.29, 1.82) is 0 Å². The molecule has 0 radical (unpaired) electrons. The maximum absolute atomic E-state index is 13.0. The molecule has 0 unspecified atom stereocenters. The zero-order chi connectivity index (χ0) is 19.1. The Balaban J connectivity index is 1.65. The van der Waals surface area contributed by atoms with Gasteiger partial charge in [0, 0.05) is 23.1 Å². The Morgan fingerprint density at radius 1 is 1.14 bits per heavy atom. The number of hydrogen-bond acceptors (Lipinski definition) is 4. The zero-order valence-corrected chi connectivity index (χ0v) is 15.8. The number of anilines is 1. The minimum absolute atomic E-state index is 0.183. The number of rotatable bonds is 4. The van der Waals surface area contributed by atoms with Crippen LogP contribution in [-0.4, -0.2) is 27.4 Å². The number of ether oxygens (including phenoxy) is 1. The van der Waals surface area contributed by atoms with Crippen LogP contribution in [0.4, 0.5) is 5.69 Å². The average Bonchev–Trinajstić information content (AvgIpc) is 3.43. The smallest absolute Gasteiger partial charge is 0.230 e. The van der Waals surface area contributed by atoms with Crippen LogP contribution in [-0.2, 0) is 11.2 Å². The fourth-order valence-corrected chi connectivity index (χ4v) is 3.92. The van der Waals surface area contributed by atoms with Crippen LogP contribution in [0, 0.1) is 5.92 Å². The van der Waals surface area contributed by atoms with Gasteiger partial charge in [-0.2, -0.15) is 15.4 Å². The molecule has 1 atom stereocenters. The van der Waals surface area contributed by atoms with Crippen LogP contribution in [0.3, 0.4) is 0 Å². The molecule has 2 aromatic carbocycles. The SMILES string of the molecule is C[C@H]1CCc2c(ccc(-c3cn[nH]n3)c2Oc2ccccc2)N1C(=O)C1CC1. The summed E-state index contributed by atoms with van der Waals surface area (Å²) in [6.07, 6.45) is 5.47. The first kappa shape index (κ1) is 17.0. The standard InChI is InChI=1S/C22H22N4O2/c1-14-7-10-18-20(26(14)22(27)15-8-9-15)12-11-17(19-13-23-25-24-19)21(18)28-16-5-3-2-4-6-16/h2-6,11-15H,7-10H2,1H3,(H,23,24,25)/t14-/m0/s1. The van der Waals surface area contributed by atoms with Crippen LogP contribution in [0.5, 0.6) is 11.5 Å². The highest BCUT2D eigenvalue weighted by Gasteiger charge is 2.39. The normalized spacial score (nSPS) is 18.6. The molecule has 6 heteroatoms. The second kappa shape index (κ2) is 6.78. The van der Waals surface area contributed by atoms with E-state index in [9.17, 15) is 4.79 Å². The third-order valence-electron chi connectivity index (χ3n) is 5.57. The summed E-state index contributed by atoms with van der Waals surface area (Å²) in [4.78, 5) is 15.0. The summed E-state index contributed by atoms with van der Waals surface area (Å²) >= 11 is 0. The molecular formula is C22H22N4O2. The number of hydrogen-bond donors (Lipinski definition) is 1. The summed E-state index contributed by atoms with van der Waals surface area (Å²) in [6.45, 7) is 2.13. The molecule has 5 rings (SSSR count). The predicted molar refractivity (Wildman–Crippen MR) is 106 cm³/mol. The van der Waals surface area contributed by atoms with E-state index in [1.807, 2.05) is 47.4 Å². The minimum atomic E-state index is 0.183. The highest BCUT2D eigenvalue weighted by atomic mass is 16.5. The second-order valence-corrected chi connectivity index (χ2v) is 7.58. The molecule has 1 aliphatic heterocycles. The van der Waals surface area contributed by atoms with E-state index in [2.05, 4.69) is 22.3 Å². The van der Waals surface area contributed by atoms with Gasteiger partial charge in [-0.3, -0.25) is 4.79 Å². The summed E-state index contributed by atoms with van der Waals surface area (Å²) in [5.74, 6) is 1.95. The van der Waals surface area contributed by atoms with E-state index in [1.54, 1.807) is 6.20 Å². The van der Waals surface area contributed by atoms with Gasteiger partial charge >= 0.3 is 0 Å². The summed E-state index contributed by atoms with van der Waals surface area (Å²) in [5, 5.41) is 10.9. The van der Waals surface area contributed by atoms with E-state index >= 15 is 0 Å². The Bertz CT molecular complexity index is 997. The number of aromatic nitrogens is 3. The summed E-state index contributed by atoms with van der Waals surface area (Å²) in [5.41, 5.74) is 3.64. The highest BCUT2D eigenvalue weighted by Crippen LogP contribution is 2.45. The Hall–Kier alpha value is -3.15. The molecule has 0 bridgehead atoms. The van der Waals surface area contributed by atoms with Crippen molar-refractivity contribution in [3.63, 3.8) is 0 Å². The van der Waals surface area contributed by atoms with Crippen molar-refractivity contribution in [3.05, 3.63) is 54.2 Å². The molecule has 1 aliphatic carbocycles. The average molecular weight is 374 g/mol. The number of aromatic amines is 1. The molecule has 3 aromatic rings. The number of carbonyl (C=O) groups excluding carboxylic acids is 1. The molecule has 2 aliphatic rings. The van der Waals surface area contributed by atoms with E-state index in [0.717, 1.165) is 59.7 Å². The number of fused-ring (bicyclic) bond motifs is 1. The maximum Gasteiger partial charge on any atom is 0.230 e. The molecule has 1 saturated carbocycles. The lowest BCUT2D eigenvalue weighted by Gasteiger charge is -2.36. The maximum atomic E-state index is 13.0. The predicted octanol–water partition coefficient (Wildman–Crippen LogP) is 4.34. The van der Waals surface area contributed by atoms with Crippen molar-refractivity contribution in [1.82, 2.24) is 15.4 Å². The number of para-hydroxylation sites is 1. The number of H-pyrrole nitrogens is 1.